The molecule has 172 valence electrons. The second-order valence-electron chi connectivity index (χ2n) is 8.69. The fourth-order valence-corrected chi connectivity index (χ4v) is 4.40. The van der Waals surface area contributed by atoms with Gasteiger partial charge in [-0.2, -0.15) is 0 Å². The molecule has 0 aliphatic carbocycles. The van der Waals surface area contributed by atoms with Crippen LogP contribution in [0.1, 0.15) is 38.5 Å². The van der Waals surface area contributed by atoms with Gasteiger partial charge in [0.2, 0.25) is 5.91 Å². The third-order valence-electron chi connectivity index (χ3n) is 6.33. The van der Waals surface area contributed by atoms with E-state index in [0.29, 0.717) is 18.4 Å². The van der Waals surface area contributed by atoms with Crippen molar-refractivity contribution < 1.29 is 14.3 Å². The molecule has 3 saturated heterocycles. The van der Waals surface area contributed by atoms with Crippen molar-refractivity contribution in [3.63, 3.8) is 0 Å². The lowest BCUT2D eigenvalue weighted by atomic mass is 10.1. The summed E-state index contributed by atoms with van der Waals surface area (Å²) in [6.07, 6.45) is 6.92. The highest BCUT2D eigenvalue weighted by molar-refractivity contribution is 5.80. The Bertz CT molecular complexity index is 523. The number of ether oxygens (including phenoxy) is 2. The minimum absolute atomic E-state index is 0.303. The Balaban J connectivity index is 1.27. The van der Waals surface area contributed by atoms with Crippen LogP contribution in [-0.4, -0.2) is 112 Å². The molecule has 3 aliphatic rings. The molecule has 0 aromatic carbocycles. The Morgan fingerprint density at radius 3 is 2.50 bits per heavy atom. The number of hydrogen-bond donors (Lipinski definition) is 1. The number of piperazine rings is 1. The second-order valence-corrected chi connectivity index (χ2v) is 8.69. The normalized spacial score (nSPS) is 24.2. The molecular weight excluding hydrogens is 382 g/mol. The van der Waals surface area contributed by atoms with E-state index in [9.17, 15) is 4.79 Å². The van der Waals surface area contributed by atoms with Gasteiger partial charge in [0.05, 0.1) is 19.8 Å². The van der Waals surface area contributed by atoms with Gasteiger partial charge < -0.3 is 24.6 Å². The first-order valence-corrected chi connectivity index (χ1v) is 11.9. The van der Waals surface area contributed by atoms with Gasteiger partial charge in [-0.1, -0.05) is 12.8 Å². The van der Waals surface area contributed by atoms with E-state index in [1.165, 1.54) is 12.8 Å². The lowest BCUT2D eigenvalue weighted by Gasteiger charge is -2.37. The van der Waals surface area contributed by atoms with Gasteiger partial charge in [0, 0.05) is 72.0 Å². The highest BCUT2D eigenvalue weighted by Gasteiger charge is 2.23. The van der Waals surface area contributed by atoms with Crippen molar-refractivity contribution in [1.82, 2.24) is 20.0 Å². The van der Waals surface area contributed by atoms with Gasteiger partial charge in [-0.3, -0.25) is 14.7 Å². The number of hydrogen-bond acceptors (Lipinski definition) is 5. The quantitative estimate of drug-likeness (QED) is 0.357. The Kier molecular flexibility index (Phi) is 10.2. The molecule has 1 N–H and O–H groups in total. The van der Waals surface area contributed by atoms with Crippen molar-refractivity contribution in [1.29, 1.82) is 0 Å². The van der Waals surface area contributed by atoms with Crippen LogP contribution in [0, 0.1) is 5.92 Å². The summed E-state index contributed by atoms with van der Waals surface area (Å²) in [6.45, 7) is 10.2. The van der Waals surface area contributed by atoms with Crippen molar-refractivity contribution >= 4 is 11.9 Å². The van der Waals surface area contributed by atoms with Gasteiger partial charge in [-0.25, -0.2) is 0 Å². The maximum absolute atomic E-state index is 12.6. The number of guanidine groups is 1. The largest absolute Gasteiger partial charge is 0.381 e. The smallest absolute Gasteiger partial charge is 0.236 e. The number of rotatable bonds is 8. The third-order valence-corrected chi connectivity index (χ3v) is 6.33. The van der Waals surface area contributed by atoms with Gasteiger partial charge in [0.15, 0.2) is 5.96 Å². The van der Waals surface area contributed by atoms with Crippen molar-refractivity contribution in [2.75, 3.05) is 85.8 Å². The summed E-state index contributed by atoms with van der Waals surface area (Å²) < 4.78 is 11.1. The molecule has 3 aliphatic heterocycles. The number of nitrogens with zero attached hydrogens (tertiary/aromatic N) is 4. The molecule has 0 saturated carbocycles. The van der Waals surface area contributed by atoms with Gasteiger partial charge in [0.1, 0.15) is 0 Å². The van der Waals surface area contributed by atoms with Crippen LogP contribution in [0.4, 0.5) is 0 Å². The molecule has 0 radical (unpaired) electrons. The van der Waals surface area contributed by atoms with Crippen LogP contribution in [0.2, 0.25) is 0 Å². The molecule has 1 amide bonds. The average molecular weight is 424 g/mol. The summed E-state index contributed by atoms with van der Waals surface area (Å²) in [7, 11) is 1.84. The fraction of sp³-hybridized carbons (Fsp3) is 0.909. The average Bonchev–Trinajstić information content (AvgIpc) is 3.13. The van der Waals surface area contributed by atoms with E-state index in [1.54, 1.807) is 0 Å². The van der Waals surface area contributed by atoms with Crippen molar-refractivity contribution in [2.45, 2.75) is 38.5 Å². The highest BCUT2D eigenvalue weighted by Crippen LogP contribution is 2.12. The van der Waals surface area contributed by atoms with E-state index in [1.807, 2.05) is 7.05 Å². The summed E-state index contributed by atoms with van der Waals surface area (Å²) in [5, 5.41) is 3.46. The van der Waals surface area contributed by atoms with Crippen molar-refractivity contribution in [3.8, 4) is 0 Å². The zero-order valence-corrected chi connectivity index (χ0v) is 18.8. The summed E-state index contributed by atoms with van der Waals surface area (Å²) in [5.74, 6) is 1.84. The van der Waals surface area contributed by atoms with E-state index in [-0.39, 0.29) is 0 Å². The Hall–Kier alpha value is -1.38. The van der Waals surface area contributed by atoms with Crippen LogP contribution < -0.4 is 5.32 Å². The lowest BCUT2D eigenvalue weighted by Crippen LogP contribution is -2.54. The molecule has 0 bridgehead atoms. The van der Waals surface area contributed by atoms with Crippen LogP contribution in [0.3, 0.4) is 0 Å². The number of amides is 1. The number of nitrogens with one attached hydrogen (secondary N) is 1. The molecular formula is C22H41N5O3. The number of likely N-dealkylation sites (tertiary alicyclic amines) is 1. The van der Waals surface area contributed by atoms with Crippen LogP contribution in [0.5, 0.6) is 0 Å². The molecule has 8 heteroatoms. The zero-order chi connectivity index (χ0) is 21.0. The number of carbonyl (C=O) groups excluding carboxylic acids is 1. The molecule has 0 aromatic heterocycles. The van der Waals surface area contributed by atoms with E-state index < -0.39 is 0 Å². The molecule has 8 nitrogen and oxygen atoms in total. The first-order chi connectivity index (χ1) is 14.8. The molecule has 30 heavy (non-hydrogen) atoms. The van der Waals surface area contributed by atoms with Crippen molar-refractivity contribution in [2.24, 2.45) is 10.9 Å². The number of aliphatic imine (C=N–C) groups is 1. The van der Waals surface area contributed by atoms with Gasteiger partial charge in [-0.05, 0) is 25.7 Å². The van der Waals surface area contributed by atoms with Gasteiger partial charge in [-0.15, -0.1) is 0 Å². The fourth-order valence-electron chi connectivity index (χ4n) is 4.40. The summed E-state index contributed by atoms with van der Waals surface area (Å²) in [4.78, 5) is 23.7. The van der Waals surface area contributed by atoms with Crippen molar-refractivity contribution in [3.05, 3.63) is 0 Å². The Morgan fingerprint density at radius 2 is 1.83 bits per heavy atom. The second kappa shape index (κ2) is 13.1. The molecule has 3 fully saturated rings. The van der Waals surface area contributed by atoms with Crippen LogP contribution in [0.15, 0.2) is 4.99 Å². The summed E-state index contributed by atoms with van der Waals surface area (Å²) in [5.41, 5.74) is 0. The van der Waals surface area contributed by atoms with E-state index in [4.69, 9.17) is 9.47 Å². The first kappa shape index (κ1) is 23.3. The maximum Gasteiger partial charge on any atom is 0.236 e. The topological polar surface area (TPSA) is 69.6 Å². The van der Waals surface area contributed by atoms with E-state index >= 15 is 0 Å². The summed E-state index contributed by atoms with van der Waals surface area (Å²) >= 11 is 0. The molecule has 1 unspecified atom stereocenters. The lowest BCUT2D eigenvalue weighted by molar-refractivity contribution is -0.132. The SMILES string of the molecule is CN=C(NCCCOCC1CCOC1)N1CCN(CC(=O)N2CCCCCC2)CC1. The Labute approximate surface area is 181 Å². The molecule has 1 atom stereocenters. The third kappa shape index (κ3) is 7.71. The van der Waals surface area contributed by atoms with Gasteiger partial charge in [0.25, 0.3) is 0 Å². The molecule has 3 heterocycles. The van der Waals surface area contributed by atoms with Crippen LogP contribution in [0.25, 0.3) is 0 Å². The standard InChI is InChI=1S/C22H41N5O3/c1-23-22(24-8-6-15-29-18-20-7-16-30-19-20)27-13-11-25(12-14-27)17-21(28)26-9-4-2-3-5-10-26/h20H,2-19H2,1H3,(H,23,24). The molecule has 3 rings (SSSR count). The predicted octanol–water partition coefficient (Wildman–Crippen LogP) is 1.03. The van der Waals surface area contributed by atoms with E-state index in [0.717, 1.165) is 104 Å². The predicted molar refractivity (Wildman–Crippen MR) is 119 cm³/mol. The minimum Gasteiger partial charge on any atom is -0.381 e. The highest BCUT2D eigenvalue weighted by atomic mass is 16.5. The monoisotopic (exact) mass is 423 g/mol. The van der Waals surface area contributed by atoms with E-state index in [2.05, 4.69) is 25.0 Å². The first-order valence-electron chi connectivity index (χ1n) is 11.9. The molecule has 0 aromatic rings. The number of carbonyl (C=O) groups is 1. The summed E-state index contributed by atoms with van der Waals surface area (Å²) in [6, 6.07) is 0. The molecule has 0 spiro atoms. The zero-order valence-electron chi connectivity index (χ0n) is 18.8. The van der Waals surface area contributed by atoms with Crippen LogP contribution >= 0.6 is 0 Å². The Morgan fingerprint density at radius 1 is 1.07 bits per heavy atom. The minimum atomic E-state index is 0.303. The van der Waals surface area contributed by atoms with Gasteiger partial charge >= 0.3 is 0 Å². The maximum atomic E-state index is 12.6. The van der Waals surface area contributed by atoms with Crippen LogP contribution in [-0.2, 0) is 14.3 Å².